The molecule has 72 valence electrons. The van der Waals surface area contributed by atoms with Crippen LogP contribution in [0.15, 0.2) is 12.3 Å². The van der Waals surface area contributed by atoms with E-state index in [9.17, 15) is 0 Å². The maximum Gasteiger partial charge on any atom is 0.0195 e. The zero-order valence-corrected chi connectivity index (χ0v) is 9.04. The van der Waals surface area contributed by atoms with E-state index in [4.69, 9.17) is 0 Å². The lowest BCUT2D eigenvalue weighted by molar-refractivity contribution is 0.337. The number of allylic oxidation sites excluding steroid dienone is 1. The summed E-state index contributed by atoms with van der Waals surface area (Å²) in [6.07, 6.45) is 3.77. The van der Waals surface area contributed by atoms with Gasteiger partial charge in [0.2, 0.25) is 0 Å². The monoisotopic (exact) mass is 169 g/mol. The molecule has 1 heteroatoms. The van der Waals surface area contributed by atoms with Gasteiger partial charge in [-0.2, -0.15) is 0 Å². The van der Waals surface area contributed by atoms with E-state index >= 15 is 0 Å². The van der Waals surface area contributed by atoms with Gasteiger partial charge in [0.1, 0.15) is 0 Å². The first-order chi connectivity index (χ1) is 5.60. The Kier molecular flexibility index (Phi) is 5.03. The molecule has 0 radical (unpaired) electrons. The van der Waals surface area contributed by atoms with Crippen LogP contribution in [0.3, 0.4) is 0 Å². The molecule has 0 aliphatic carbocycles. The van der Waals surface area contributed by atoms with Gasteiger partial charge in [0.25, 0.3) is 0 Å². The zero-order chi connectivity index (χ0) is 9.61. The summed E-state index contributed by atoms with van der Waals surface area (Å²) in [5, 5.41) is 3.34. The van der Waals surface area contributed by atoms with Gasteiger partial charge in [-0.25, -0.2) is 0 Å². The fourth-order valence-corrected chi connectivity index (χ4v) is 1.32. The second-order valence-corrected chi connectivity index (χ2v) is 3.97. The largest absolute Gasteiger partial charge is 0.388 e. The number of hydrogen-bond donors (Lipinski definition) is 1. The molecule has 12 heavy (non-hydrogen) atoms. The third-order valence-electron chi connectivity index (χ3n) is 2.15. The van der Waals surface area contributed by atoms with E-state index in [-0.39, 0.29) is 0 Å². The van der Waals surface area contributed by atoms with Crippen molar-refractivity contribution < 1.29 is 0 Å². The Morgan fingerprint density at radius 2 is 1.92 bits per heavy atom. The second-order valence-electron chi connectivity index (χ2n) is 3.97. The molecule has 0 aromatic heterocycles. The highest BCUT2D eigenvalue weighted by molar-refractivity contribution is 4.95. The second kappa shape index (κ2) is 5.23. The quantitative estimate of drug-likeness (QED) is 0.586. The average molecular weight is 169 g/mol. The number of rotatable bonds is 0. The first-order valence-electron chi connectivity index (χ1n) is 5.02. The van der Waals surface area contributed by atoms with Crippen LogP contribution in [-0.2, 0) is 0 Å². The van der Waals surface area contributed by atoms with Crippen LogP contribution < -0.4 is 5.32 Å². The van der Waals surface area contributed by atoms with Crippen molar-refractivity contribution in [2.75, 3.05) is 6.54 Å². The molecule has 1 saturated heterocycles. The van der Waals surface area contributed by atoms with Crippen LogP contribution in [0.1, 0.15) is 47.0 Å². The van der Waals surface area contributed by atoms with Gasteiger partial charge in [0.05, 0.1) is 0 Å². The summed E-state index contributed by atoms with van der Waals surface area (Å²) >= 11 is 0. The topological polar surface area (TPSA) is 12.0 Å². The SMILES string of the molecule is C=C1CCCC(C)(C)CN1.CC. The Morgan fingerprint density at radius 3 is 2.50 bits per heavy atom. The molecule has 0 atom stereocenters. The lowest BCUT2D eigenvalue weighted by atomic mass is 9.88. The molecule has 0 aromatic rings. The molecule has 1 heterocycles. The third-order valence-corrected chi connectivity index (χ3v) is 2.15. The van der Waals surface area contributed by atoms with Crippen molar-refractivity contribution in [1.29, 1.82) is 0 Å². The first-order valence-corrected chi connectivity index (χ1v) is 5.02. The first kappa shape index (κ1) is 11.5. The van der Waals surface area contributed by atoms with Gasteiger partial charge in [-0.1, -0.05) is 34.3 Å². The molecule has 0 amide bonds. The van der Waals surface area contributed by atoms with Gasteiger partial charge in [-0.05, 0) is 24.7 Å². The van der Waals surface area contributed by atoms with Crippen LogP contribution in [0, 0.1) is 5.41 Å². The van der Waals surface area contributed by atoms with Crippen molar-refractivity contribution >= 4 is 0 Å². The molecule has 1 rings (SSSR count). The van der Waals surface area contributed by atoms with Gasteiger partial charge in [0.15, 0.2) is 0 Å². The van der Waals surface area contributed by atoms with Crippen LogP contribution in [0.4, 0.5) is 0 Å². The normalized spacial score (nSPS) is 21.5. The fourth-order valence-electron chi connectivity index (χ4n) is 1.32. The Morgan fingerprint density at radius 1 is 1.33 bits per heavy atom. The highest BCUT2D eigenvalue weighted by atomic mass is 14.9. The zero-order valence-electron chi connectivity index (χ0n) is 9.04. The summed E-state index contributed by atoms with van der Waals surface area (Å²) < 4.78 is 0. The maximum atomic E-state index is 3.93. The van der Waals surface area contributed by atoms with Crippen molar-refractivity contribution in [2.45, 2.75) is 47.0 Å². The highest BCUT2D eigenvalue weighted by Crippen LogP contribution is 2.26. The van der Waals surface area contributed by atoms with Gasteiger partial charge in [0, 0.05) is 12.2 Å². The summed E-state index contributed by atoms with van der Waals surface area (Å²) in [5.41, 5.74) is 1.69. The van der Waals surface area contributed by atoms with Crippen molar-refractivity contribution in [1.82, 2.24) is 5.32 Å². The van der Waals surface area contributed by atoms with E-state index in [0.717, 1.165) is 13.0 Å². The molecule has 1 nitrogen and oxygen atoms in total. The van der Waals surface area contributed by atoms with E-state index in [1.807, 2.05) is 13.8 Å². The molecule has 0 unspecified atom stereocenters. The van der Waals surface area contributed by atoms with Crippen molar-refractivity contribution in [2.24, 2.45) is 5.41 Å². The minimum absolute atomic E-state index is 0.472. The average Bonchev–Trinajstić information content (AvgIpc) is 2.17. The predicted molar refractivity (Wildman–Crippen MR) is 56.1 cm³/mol. The molecular formula is C11H23N. The molecule has 1 fully saturated rings. The van der Waals surface area contributed by atoms with Crippen molar-refractivity contribution in [3.8, 4) is 0 Å². The molecule has 1 N–H and O–H groups in total. The molecule has 0 bridgehead atoms. The van der Waals surface area contributed by atoms with Crippen LogP contribution in [0.25, 0.3) is 0 Å². The number of nitrogens with one attached hydrogen (secondary N) is 1. The Labute approximate surface area is 77.2 Å². The Bertz CT molecular complexity index is 136. The molecule has 1 aliphatic rings. The molecule has 1 aliphatic heterocycles. The summed E-state index contributed by atoms with van der Waals surface area (Å²) in [4.78, 5) is 0. The van der Waals surface area contributed by atoms with Crippen LogP contribution in [0.5, 0.6) is 0 Å². The van der Waals surface area contributed by atoms with Gasteiger partial charge >= 0.3 is 0 Å². The van der Waals surface area contributed by atoms with Crippen LogP contribution in [-0.4, -0.2) is 6.54 Å². The minimum atomic E-state index is 0.472. The maximum absolute atomic E-state index is 3.93. The van der Waals surface area contributed by atoms with Gasteiger partial charge in [-0.15, -0.1) is 0 Å². The van der Waals surface area contributed by atoms with Crippen LogP contribution in [0.2, 0.25) is 0 Å². The van der Waals surface area contributed by atoms with Crippen molar-refractivity contribution in [3.05, 3.63) is 12.3 Å². The molecule has 0 saturated carbocycles. The summed E-state index contributed by atoms with van der Waals surface area (Å²) in [6.45, 7) is 13.6. The molecule has 0 spiro atoms. The summed E-state index contributed by atoms with van der Waals surface area (Å²) in [6, 6.07) is 0. The van der Waals surface area contributed by atoms with Gasteiger partial charge < -0.3 is 5.32 Å². The number of hydrogen-bond acceptors (Lipinski definition) is 1. The lowest BCUT2D eigenvalue weighted by Crippen LogP contribution is -2.25. The Balaban J connectivity index is 0.000000561. The third kappa shape index (κ3) is 4.42. The van der Waals surface area contributed by atoms with Gasteiger partial charge in [-0.3, -0.25) is 0 Å². The van der Waals surface area contributed by atoms with E-state index in [1.54, 1.807) is 0 Å². The smallest absolute Gasteiger partial charge is 0.0195 e. The predicted octanol–water partition coefficient (Wildman–Crippen LogP) is 3.33. The minimum Gasteiger partial charge on any atom is -0.388 e. The van der Waals surface area contributed by atoms with E-state index in [2.05, 4.69) is 25.7 Å². The van der Waals surface area contributed by atoms with Crippen molar-refractivity contribution in [3.63, 3.8) is 0 Å². The molecule has 0 aromatic carbocycles. The summed E-state index contributed by atoms with van der Waals surface area (Å²) in [5.74, 6) is 0. The Hall–Kier alpha value is -0.460. The lowest BCUT2D eigenvalue weighted by Gasteiger charge is -2.21. The fraction of sp³-hybridized carbons (Fsp3) is 0.818. The standard InChI is InChI=1S/C9H17N.C2H6/c1-8-5-4-6-9(2,3)7-10-8;1-2/h10H,1,4-7H2,2-3H3;1-2H3. The highest BCUT2D eigenvalue weighted by Gasteiger charge is 2.19. The van der Waals surface area contributed by atoms with E-state index < -0.39 is 0 Å². The van der Waals surface area contributed by atoms with Crippen LogP contribution >= 0.6 is 0 Å². The molecular weight excluding hydrogens is 146 g/mol. The van der Waals surface area contributed by atoms with E-state index in [1.165, 1.54) is 18.5 Å². The van der Waals surface area contributed by atoms with E-state index in [0.29, 0.717) is 5.41 Å². The summed E-state index contributed by atoms with van der Waals surface area (Å²) in [7, 11) is 0.